The van der Waals surface area contributed by atoms with Crippen molar-refractivity contribution in [2.24, 2.45) is 0 Å². The van der Waals surface area contributed by atoms with E-state index in [0.29, 0.717) is 5.02 Å². The Kier molecular flexibility index (Phi) is 4.53. The first-order valence-corrected chi connectivity index (χ1v) is 7.91. The molecule has 0 spiro atoms. The van der Waals surface area contributed by atoms with Crippen LogP contribution in [0.3, 0.4) is 0 Å². The highest BCUT2D eigenvalue weighted by Crippen LogP contribution is 2.41. The highest BCUT2D eigenvalue weighted by Gasteiger charge is 2.39. The van der Waals surface area contributed by atoms with Crippen LogP contribution in [0.2, 0.25) is 5.02 Å². The molecule has 1 aliphatic rings. The molecule has 1 aliphatic carbocycles. The van der Waals surface area contributed by atoms with E-state index in [1.807, 2.05) is 24.3 Å². The Morgan fingerprint density at radius 3 is 2.48 bits per heavy atom. The van der Waals surface area contributed by atoms with Crippen LogP contribution in [0.4, 0.5) is 4.39 Å². The van der Waals surface area contributed by atoms with E-state index >= 15 is 0 Å². The summed E-state index contributed by atoms with van der Waals surface area (Å²) >= 11 is 5.92. The number of hydrogen-bond acceptors (Lipinski definition) is 2. The summed E-state index contributed by atoms with van der Waals surface area (Å²) in [7, 11) is 0. The van der Waals surface area contributed by atoms with Gasteiger partial charge in [0.2, 0.25) is 0 Å². The third-order valence-corrected chi connectivity index (χ3v) is 4.43. The standard InChI is InChI=1S/C18H17ClFNO2/c19-14-8-6-13(7-9-14)18(10-3-11-18)21-17(22)12-23-16-5-2-1-4-15(16)20/h1-2,4-9H,3,10-12H2,(H,21,22). The van der Waals surface area contributed by atoms with E-state index in [1.54, 1.807) is 12.1 Å². The van der Waals surface area contributed by atoms with Crippen LogP contribution in [0, 0.1) is 5.82 Å². The van der Waals surface area contributed by atoms with Crippen LogP contribution in [0.25, 0.3) is 0 Å². The fraction of sp³-hybridized carbons (Fsp3) is 0.278. The number of para-hydroxylation sites is 1. The molecular formula is C18H17ClFNO2. The van der Waals surface area contributed by atoms with Gasteiger partial charge in [0.25, 0.3) is 5.91 Å². The molecule has 2 aromatic carbocycles. The molecule has 1 amide bonds. The van der Waals surface area contributed by atoms with Gasteiger partial charge in [-0.25, -0.2) is 4.39 Å². The number of rotatable bonds is 5. The molecule has 3 nitrogen and oxygen atoms in total. The maximum Gasteiger partial charge on any atom is 0.258 e. The summed E-state index contributed by atoms with van der Waals surface area (Å²) in [6.45, 7) is -0.212. The molecule has 120 valence electrons. The highest BCUT2D eigenvalue weighted by atomic mass is 35.5. The minimum Gasteiger partial charge on any atom is -0.481 e. The third-order valence-electron chi connectivity index (χ3n) is 4.18. The minimum atomic E-state index is -0.476. The SMILES string of the molecule is O=C(COc1ccccc1F)NC1(c2ccc(Cl)cc2)CCC1. The van der Waals surface area contributed by atoms with Gasteiger partial charge in [-0.2, -0.15) is 0 Å². The van der Waals surface area contributed by atoms with Crippen LogP contribution in [0.1, 0.15) is 24.8 Å². The van der Waals surface area contributed by atoms with E-state index in [2.05, 4.69) is 5.32 Å². The maximum absolute atomic E-state index is 13.5. The summed E-state index contributed by atoms with van der Waals surface area (Å²) in [6.07, 6.45) is 2.80. The summed E-state index contributed by atoms with van der Waals surface area (Å²) in [5.74, 6) is -0.656. The first-order chi connectivity index (χ1) is 11.1. The predicted molar refractivity (Wildman–Crippen MR) is 87.0 cm³/mol. The van der Waals surface area contributed by atoms with E-state index in [-0.39, 0.29) is 23.8 Å². The van der Waals surface area contributed by atoms with Crippen molar-refractivity contribution in [3.05, 3.63) is 64.9 Å². The molecule has 5 heteroatoms. The molecule has 2 aromatic rings. The molecule has 0 radical (unpaired) electrons. The molecule has 0 aliphatic heterocycles. The molecule has 0 unspecified atom stereocenters. The number of halogens is 2. The van der Waals surface area contributed by atoms with Crippen LogP contribution in [-0.2, 0) is 10.3 Å². The molecular weight excluding hydrogens is 317 g/mol. The van der Waals surface area contributed by atoms with E-state index in [0.717, 1.165) is 24.8 Å². The van der Waals surface area contributed by atoms with Crippen LogP contribution in [0.15, 0.2) is 48.5 Å². The molecule has 1 fully saturated rings. The topological polar surface area (TPSA) is 38.3 Å². The Morgan fingerprint density at radius 2 is 1.87 bits per heavy atom. The molecule has 3 rings (SSSR count). The number of benzene rings is 2. The monoisotopic (exact) mass is 333 g/mol. The lowest BCUT2D eigenvalue weighted by Gasteiger charge is -2.43. The summed E-state index contributed by atoms with van der Waals surface area (Å²) in [5, 5.41) is 3.69. The van der Waals surface area contributed by atoms with Crippen molar-refractivity contribution < 1.29 is 13.9 Å². The second-order valence-corrected chi connectivity index (χ2v) is 6.15. The van der Waals surface area contributed by atoms with Gasteiger partial charge in [0, 0.05) is 5.02 Å². The van der Waals surface area contributed by atoms with Gasteiger partial charge < -0.3 is 10.1 Å². The summed E-state index contributed by atoms with van der Waals surface area (Å²) in [5.41, 5.74) is 0.674. The largest absolute Gasteiger partial charge is 0.481 e. The van der Waals surface area contributed by atoms with E-state index in [4.69, 9.17) is 16.3 Å². The number of carbonyl (C=O) groups is 1. The average Bonchev–Trinajstić information content (AvgIpc) is 2.51. The van der Waals surface area contributed by atoms with E-state index in [1.165, 1.54) is 12.1 Å². The summed E-state index contributed by atoms with van der Waals surface area (Å²) in [6, 6.07) is 13.5. The van der Waals surface area contributed by atoms with Crippen LogP contribution in [0.5, 0.6) is 5.75 Å². The van der Waals surface area contributed by atoms with E-state index in [9.17, 15) is 9.18 Å². The molecule has 23 heavy (non-hydrogen) atoms. The summed E-state index contributed by atoms with van der Waals surface area (Å²) < 4.78 is 18.7. The molecule has 0 atom stereocenters. The number of carbonyl (C=O) groups excluding carboxylic acids is 1. The lowest BCUT2D eigenvalue weighted by molar-refractivity contribution is -0.126. The van der Waals surface area contributed by atoms with Crippen LogP contribution in [-0.4, -0.2) is 12.5 Å². The molecule has 0 aromatic heterocycles. The van der Waals surface area contributed by atoms with Gasteiger partial charge in [0.15, 0.2) is 18.2 Å². The van der Waals surface area contributed by atoms with Gasteiger partial charge in [-0.15, -0.1) is 0 Å². The molecule has 0 saturated heterocycles. The Labute approximate surface area is 139 Å². The molecule has 0 bridgehead atoms. The molecule has 1 N–H and O–H groups in total. The van der Waals surface area contributed by atoms with Gasteiger partial charge in [-0.05, 0) is 49.1 Å². The lowest BCUT2D eigenvalue weighted by atomic mass is 9.72. The van der Waals surface area contributed by atoms with Crippen molar-refractivity contribution in [1.29, 1.82) is 0 Å². The lowest BCUT2D eigenvalue weighted by Crippen LogP contribution is -2.52. The van der Waals surface area contributed by atoms with Crippen LogP contribution < -0.4 is 10.1 Å². The smallest absolute Gasteiger partial charge is 0.258 e. The number of ether oxygens (including phenoxy) is 1. The van der Waals surface area contributed by atoms with Crippen molar-refractivity contribution in [1.82, 2.24) is 5.32 Å². The number of hydrogen-bond donors (Lipinski definition) is 1. The second-order valence-electron chi connectivity index (χ2n) is 5.71. The Morgan fingerprint density at radius 1 is 1.17 bits per heavy atom. The Hall–Kier alpha value is -2.07. The number of nitrogens with one attached hydrogen (secondary N) is 1. The minimum absolute atomic E-state index is 0.0804. The zero-order valence-corrected chi connectivity index (χ0v) is 13.3. The predicted octanol–water partition coefficient (Wildman–Crippen LogP) is 4.05. The Balaban J connectivity index is 1.64. The average molecular weight is 334 g/mol. The molecule has 0 heterocycles. The van der Waals surface area contributed by atoms with Crippen molar-refractivity contribution in [3.63, 3.8) is 0 Å². The van der Waals surface area contributed by atoms with Gasteiger partial charge in [0.1, 0.15) is 0 Å². The van der Waals surface area contributed by atoms with Crippen molar-refractivity contribution >= 4 is 17.5 Å². The van der Waals surface area contributed by atoms with Crippen molar-refractivity contribution in [3.8, 4) is 5.75 Å². The quantitative estimate of drug-likeness (QED) is 0.896. The molecule has 1 saturated carbocycles. The first kappa shape index (κ1) is 15.8. The Bertz CT molecular complexity index is 698. The van der Waals surface area contributed by atoms with Gasteiger partial charge >= 0.3 is 0 Å². The maximum atomic E-state index is 13.5. The normalized spacial score (nSPS) is 15.6. The fourth-order valence-electron chi connectivity index (χ4n) is 2.79. The van der Waals surface area contributed by atoms with Gasteiger partial charge in [-0.1, -0.05) is 35.9 Å². The van der Waals surface area contributed by atoms with Crippen molar-refractivity contribution in [2.45, 2.75) is 24.8 Å². The van der Waals surface area contributed by atoms with Gasteiger partial charge in [0.05, 0.1) is 5.54 Å². The van der Waals surface area contributed by atoms with E-state index < -0.39 is 5.82 Å². The summed E-state index contributed by atoms with van der Waals surface area (Å²) in [4.78, 5) is 12.2. The second kappa shape index (κ2) is 6.59. The number of amides is 1. The zero-order valence-electron chi connectivity index (χ0n) is 12.5. The first-order valence-electron chi connectivity index (χ1n) is 7.53. The zero-order chi connectivity index (χ0) is 16.3. The van der Waals surface area contributed by atoms with Crippen LogP contribution >= 0.6 is 11.6 Å². The highest BCUT2D eigenvalue weighted by molar-refractivity contribution is 6.30. The third kappa shape index (κ3) is 3.48. The fourth-order valence-corrected chi connectivity index (χ4v) is 2.92. The van der Waals surface area contributed by atoms with Gasteiger partial charge in [-0.3, -0.25) is 4.79 Å². The van der Waals surface area contributed by atoms with Crippen molar-refractivity contribution in [2.75, 3.05) is 6.61 Å².